The summed E-state index contributed by atoms with van der Waals surface area (Å²) >= 11 is 0. The number of nitrogens with two attached hydrogens (primary N) is 1. The molecule has 0 amide bonds. The number of nitrogen functional groups attached to an aromatic ring is 1. The number of hydrogen-bond donors (Lipinski definition) is 2. The number of benzene rings is 2. The summed E-state index contributed by atoms with van der Waals surface area (Å²) in [5.74, 6) is -0.0704. The molecule has 0 saturated carbocycles. The Labute approximate surface area is 93.2 Å². The lowest BCUT2D eigenvalue weighted by molar-refractivity contribution is 0.475. The molecule has 2 aromatic rings. The van der Waals surface area contributed by atoms with Crippen LogP contribution in [0.25, 0.3) is 0 Å². The molecular weight excluding hydrogens is 205 g/mol. The van der Waals surface area contributed by atoms with Gasteiger partial charge in [-0.15, -0.1) is 0 Å². The fraction of sp³-hybridized carbons (Fsp3) is 0.0769. The van der Waals surface area contributed by atoms with Crippen molar-refractivity contribution in [2.24, 2.45) is 0 Å². The summed E-state index contributed by atoms with van der Waals surface area (Å²) in [6, 6.07) is 11.1. The summed E-state index contributed by atoms with van der Waals surface area (Å²) in [6.07, 6.45) is 0.559. The third kappa shape index (κ3) is 2.31. The molecule has 0 aromatic heterocycles. The Balaban J connectivity index is 2.26. The number of anilines is 1. The summed E-state index contributed by atoms with van der Waals surface area (Å²) in [4.78, 5) is 0. The van der Waals surface area contributed by atoms with E-state index < -0.39 is 0 Å². The van der Waals surface area contributed by atoms with E-state index in [1.54, 1.807) is 30.3 Å². The molecule has 3 heteroatoms. The maximum absolute atomic E-state index is 13.0. The summed E-state index contributed by atoms with van der Waals surface area (Å²) in [5, 5.41) is 9.14. The molecule has 2 rings (SSSR count). The molecule has 0 fully saturated rings. The molecule has 3 N–H and O–H groups in total. The maximum atomic E-state index is 13.0. The highest BCUT2D eigenvalue weighted by Crippen LogP contribution is 2.19. The van der Waals surface area contributed by atoms with E-state index >= 15 is 0 Å². The van der Waals surface area contributed by atoms with Crippen molar-refractivity contribution < 1.29 is 9.50 Å². The van der Waals surface area contributed by atoms with Crippen LogP contribution in [0.15, 0.2) is 42.5 Å². The van der Waals surface area contributed by atoms with Gasteiger partial charge in [0.1, 0.15) is 11.6 Å². The molecule has 0 radical (unpaired) electrons. The zero-order chi connectivity index (χ0) is 11.5. The van der Waals surface area contributed by atoms with E-state index in [9.17, 15) is 4.39 Å². The number of phenolic OH excluding ortho intramolecular Hbond substituents is 1. The van der Waals surface area contributed by atoms with Gasteiger partial charge in [-0.3, -0.25) is 0 Å². The standard InChI is InChI=1S/C13H12FNO/c14-11-3-6-13(15)10(8-11)7-9-1-4-12(16)5-2-9/h1-6,8,16H,7,15H2. The number of halogens is 1. The fourth-order valence-electron chi connectivity index (χ4n) is 1.56. The zero-order valence-electron chi connectivity index (χ0n) is 8.65. The Morgan fingerprint density at radius 1 is 1.06 bits per heavy atom. The van der Waals surface area contributed by atoms with E-state index in [0.29, 0.717) is 12.1 Å². The van der Waals surface area contributed by atoms with Crippen LogP contribution in [0.5, 0.6) is 5.75 Å². The fourth-order valence-corrected chi connectivity index (χ4v) is 1.56. The van der Waals surface area contributed by atoms with Crippen molar-refractivity contribution in [3.8, 4) is 5.75 Å². The number of aromatic hydroxyl groups is 1. The highest BCUT2D eigenvalue weighted by molar-refractivity contribution is 5.49. The van der Waals surface area contributed by atoms with Crippen LogP contribution in [0.3, 0.4) is 0 Å². The monoisotopic (exact) mass is 217 g/mol. The lowest BCUT2D eigenvalue weighted by Crippen LogP contribution is -1.96. The second kappa shape index (κ2) is 4.23. The van der Waals surface area contributed by atoms with Gasteiger partial charge in [-0.1, -0.05) is 12.1 Å². The molecule has 0 aliphatic heterocycles. The van der Waals surface area contributed by atoms with E-state index in [1.165, 1.54) is 12.1 Å². The first-order valence-corrected chi connectivity index (χ1v) is 4.97. The molecule has 2 nitrogen and oxygen atoms in total. The van der Waals surface area contributed by atoms with Gasteiger partial charge in [-0.2, -0.15) is 0 Å². The highest BCUT2D eigenvalue weighted by atomic mass is 19.1. The minimum Gasteiger partial charge on any atom is -0.508 e. The Morgan fingerprint density at radius 2 is 1.75 bits per heavy atom. The molecule has 0 spiro atoms. The Bertz CT molecular complexity index is 494. The van der Waals surface area contributed by atoms with Crippen LogP contribution in [0, 0.1) is 5.82 Å². The van der Waals surface area contributed by atoms with Gasteiger partial charge in [0.05, 0.1) is 0 Å². The molecule has 0 bridgehead atoms. The van der Waals surface area contributed by atoms with Crippen molar-refractivity contribution in [3.63, 3.8) is 0 Å². The predicted molar refractivity (Wildman–Crippen MR) is 61.7 cm³/mol. The third-order valence-corrected chi connectivity index (χ3v) is 2.44. The quantitative estimate of drug-likeness (QED) is 0.760. The SMILES string of the molecule is Nc1ccc(F)cc1Cc1ccc(O)cc1. The minimum absolute atomic E-state index is 0.218. The second-order valence-electron chi connectivity index (χ2n) is 3.69. The van der Waals surface area contributed by atoms with E-state index in [1.807, 2.05) is 0 Å². The zero-order valence-corrected chi connectivity index (χ0v) is 8.65. The Morgan fingerprint density at radius 3 is 2.44 bits per heavy atom. The van der Waals surface area contributed by atoms with Crippen LogP contribution in [0.2, 0.25) is 0 Å². The molecule has 0 saturated heterocycles. The molecular formula is C13H12FNO. The average molecular weight is 217 g/mol. The topological polar surface area (TPSA) is 46.2 Å². The molecule has 0 atom stereocenters. The minimum atomic E-state index is -0.289. The van der Waals surface area contributed by atoms with Gasteiger partial charge in [-0.25, -0.2) is 4.39 Å². The maximum Gasteiger partial charge on any atom is 0.123 e. The van der Waals surface area contributed by atoms with E-state index in [-0.39, 0.29) is 11.6 Å². The van der Waals surface area contributed by atoms with Crippen molar-refractivity contribution in [1.29, 1.82) is 0 Å². The molecule has 2 aromatic carbocycles. The number of phenols is 1. The van der Waals surface area contributed by atoms with Crippen molar-refractivity contribution in [3.05, 3.63) is 59.4 Å². The van der Waals surface area contributed by atoms with Crippen molar-refractivity contribution in [2.75, 3.05) is 5.73 Å². The first-order valence-electron chi connectivity index (χ1n) is 4.97. The van der Waals surface area contributed by atoms with Crippen LogP contribution in [0.1, 0.15) is 11.1 Å². The van der Waals surface area contributed by atoms with Crippen LogP contribution in [0.4, 0.5) is 10.1 Å². The average Bonchev–Trinajstić information content (AvgIpc) is 2.27. The lowest BCUT2D eigenvalue weighted by Gasteiger charge is -2.06. The van der Waals surface area contributed by atoms with Gasteiger partial charge in [0.2, 0.25) is 0 Å². The third-order valence-electron chi connectivity index (χ3n) is 2.44. The first kappa shape index (κ1) is 10.5. The molecule has 0 heterocycles. The van der Waals surface area contributed by atoms with Crippen LogP contribution >= 0.6 is 0 Å². The van der Waals surface area contributed by atoms with Gasteiger partial charge >= 0.3 is 0 Å². The number of hydrogen-bond acceptors (Lipinski definition) is 2. The summed E-state index contributed by atoms with van der Waals surface area (Å²) in [6.45, 7) is 0. The smallest absolute Gasteiger partial charge is 0.123 e. The van der Waals surface area contributed by atoms with Crippen molar-refractivity contribution in [2.45, 2.75) is 6.42 Å². The molecule has 0 unspecified atom stereocenters. The molecule has 0 aliphatic rings. The van der Waals surface area contributed by atoms with Gasteiger partial charge in [-0.05, 0) is 47.9 Å². The van der Waals surface area contributed by atoms with Crippen molar-refractivity contribution in [1.82, 2.24) is 0 Å². The predicted octanol–water partition coefficient (Wildman–Crippen LogP) is 2.70. The van der Waals surface area contributed by atoms with Gasteiger partial charge in [0.25, 0.3) is 0 Å². The summed E-state index contributed by atoms with van der Waals surface area (Å²) in [7, 11) is 0. The van der Waals surface area contributed by atoms with E-state index in [4.69, 9.17) is 10.8 Å². The highest BCUT2D eigenvalue weighted by Gasteiger charge is 2.02. The van der Waals surface area contributed by atoms with Gasteiger partial charge < -0.3 is 10.8 Å². The first-order chi connectivity index (χ1) is 7.65. The summed E-state index contributed by atoms with van der Waals surface area (Å²) < 4.78 is 13.0. The summed E-state index contributed by atoms with van der Waals surface area (Å²) in [5.41, 5.74) is 8.07. The van der Waals surface area contributed by atoms with E-state index in [0.717, 1.165) is 11.1 Å². The van der Waals surface area contributed by atoms with Gasteiger partial charge in [0.15, 0.2) is 0 Å². The van der Waals surface area contributed by atoms with Crippen LogP contribution in [-0.2, 0) is 6.42 Å². The largest absolute Gasteiger partial charge is 0.508 e. The van der Waals surface area contributed by atoms with Crippen molar-refractivity contribution >= 4 is 5.69 Å². The Kier molecular flexibility index (Phi) is 2.77. The Hall–Kier alpha value is -2.03. The number of rotatable bonds is 2. The second-order valence-corrected chi connectivity index (χ2v) is 3.69. The normalized spacial score (nSPS) is 10.3. The molecule has 82 valence electrons. The van der Waals surface area contributed by atoms with Crippen LogP contribution in [-0.4, -0.2) is 5.11 Å². The van der Waals surface area contributed by atoms with Gasteiger partial charge in [0, 0.05) is 5.69 Å². The molecule has 0 aliphatic carbocycles. The van der Waals surface area contributed by atoms with E-state index in [2.05, 4.69) is 0 Å². The molecule has 16 heavy (non-hydrogen) atoms. The lowest BCUT2D eigenvalue weighted by atomic mass is 10.0. The van der Waals surface area contributed by atoms with Crippen LogP contribution < -0.4 is 5.73 Å².